The summed E-state index contributed by atoms with van der Waals surface area (Å²) in [5.41, 5.74) is 1.79. The summed E-state index contributed by atoms with van der Waals surface area (Å²) in [6.07, 6.45) is 5.81. The summed E-state index contributed by atoms with van der Waals surface area (Å²) in [4.78, 5) is 43.1. The predicted molar refractivity (Wildman–Crippen MR) is 209 cm³/mol. The molecular weight excluding hydrogens is 738 g/mol. The first-order chi connectivity index (χ1) is 27.4. The van der Waals surface area contributed by atoms with E-state index in [1.807, 2.05) is 29.1 Å². The fraction of sp³-hybridized carbons (Fsp3) is 0.372. The van der Waals surface area contributed by atoms with Crippen LogP contribution >= 0.6 is 0 Å². The van der Waals surface area contributed by atoms with E-state index in [2.05, 4.69) is 33.6 Å². The Morgan fingerprint density at radius 1 is 0.965 bits per heavy atom. The molecule has 57 heavy (non-hydrogen) atoms. The van der Waals surface area contributed by atoms with Gasteiger partial charge in [0.1, 0.15) is 28.6 Å². The molecule has 2 aromatic heterocycles. The van der Waals surface area contributed by atoms with Crippen molar-refractivity contribution in [3.63, 3.8) is 0 Å². The zero-order valence-corrected chi connectivity index (χ0v) is 31.9. The number of hydrogen-bond acceptors (Lipinski definition) is 8. The number of amides is 3. The van der Waals surface area contributed by atoms with Crippen LogP contribution < -0.4 is 20.1 Å². The minimum absolute atomic E-state index is 0.157. The number of nitrogens with zero attached hydrogens (tertiary/aromatic N) is 4. The van der Waals surface area contributed by atoms with Crippen LogP contribution in [0.3, 0.4) is 0 Å². The van der Waals surface area contributed by atoms with Gasteiger partial charge in [-0.3, -0.25) is 24.4 Å². The average molecular weight is 783 g/mol. The highest BCUT2D eigenvalue weighted by Gasteiger charge is 2.33. The number of carbonyl (C=O) groups excluding carboxylic acids is 3. The lowest BCUT2D eigenvalue weighted by Gasteiger charge is -2.31. The fourth-order valence-electron chi connectivity index (χ4n) is 7.81. The SMILES string of the molecule is COc1cc2nn([C@H]3CC[C@H](CN(C)CCCCCc4cccc(Oc5cccc6c5C(=O)NC(=O)C6)c4)CC3)cc2cc1NC(=O)c1cccc(C(F)(F)F)n1. The van der Waals surface area contributed by atoms with Crippen LogP contribution in [0.1, 0.15) is 88.7 Å². The topological polar surface area (TPSA) is 128 Å². The van der Waals surface area contributed by atoms with E-state index in [1.54, 1.807) is 30.3 Å². The molecule has 0 bridgehead atoms. The highest BCUT2D eigenvalue weighted by atomic mass is 19.4. The Morgan fingerprint density at radius 2 is 1.75 bits per heavy atom. The van der Waals surface area contributed by atoms with Gasteiger partial charge in [-0.1, -0.05) is 36.8 Å². The number of methoxy groups -OCH3 is 1. The molecule has 7 rings (SSSR count). The molecule has 5 aromatic rings. The van der Waals surface area contributed by atoms with Gasteiger partial charge in [-0.15, -0.1) is 0 Å². The molecule has 14 heteroatoms. The van der Waals surface area contributed by atoms with Crippen LogP contribution in [-0.2, 0) is 23.8 Å². The Bertz CT molecular complexity index is 2270. The summed E-state index contributed by atoms with van der Waals surface area (Å²) in [6, 6.07) is 20.2. The van der Waals surface area contributed by atoms with Crippen molar-refractivity contribution in [3.8, 4) is 17.2 Å². The van der Waals surface area contributed by atoms with E-state index in [9.17, 15) is 27.6 Å². The molecule has 2 aliphatic rings. The summed E-state index contributed by atoms with van der Waals surface area (Å²) in [5, 5.41) is 10.6. The number of fused-ring (bicyclic) bond motifs is 2. The second-order valence-electron chi connectivity index (χ2n) is 14.9. The average Bonchev–Trinajstić information content (AvgIpc) is 3.60. The molecule has 0 radical (unpaired) electrons. The number of aryl methyl sites for hydroxylation is 1. The van der Waals surface area contributed by atoms with Crippen molar-refractivity contribution in [2.45, 2.75) is 70.0 Å². The number of halogens is 3. The first-order valence-corrected chi connectivity index (χ1v) is 19.3. The molecule has 2 N–H and O–H groups in total. The molecule has 11 nitrogen and oxygen atoms in total. The highest BCUT2D eigenvalue weighted by Crippen LogP contribution is 2.36. The maximum absolute atomic E-state index is 13.1. The third-order valence-electron chi connectivity index (χ3n) is 10.7. The molecule has 0 spiro atoms. The second kappa shape index (κ2) is 17.2. The molecule has 1 fully saturated rings. The summed E-state index contributed by atoms with van der Waals surface area (Å²) < 4.78 is 53.0. The van der Waals surface area contributed by atoms with Gasteiger partial charge in [-0.25, -0.2) is 4.98 Å². The van der Waals surface area contributed by atoms with Crippen molar-refractivity contribution < 1.29 is 37.0 Å². The van der Waals surface area contributed by atoms with Gasteiger partial charge in [0.15, 0.2) is 0 Å². The number of alkyl halides is 3. The number of nitrogens with one attached hydrogen (secondary N) is 2. The van der Waals surface area contributed by atoms with Gasteiger partial charge in [0, 0.05) is 24.2 Å². The summed E-state index contributed by atoms with van der Waals surface area (Å²) >= 11 is 0. The Morgan fingerprint density at radius 3 is 2.54 bits per heavy atom. The quantitative estimate of drug-likeness (QED) is 0.0850. The second-order valence-corrected chi connectivity index (χ2v) is 14.9. The van der Waals surface area contributed by atoms with Crippen LogP contribution in [0.5, 0.6) is 17.2 Å². The molecule has 1 saturated carbocycles. The molecule has 0 atom stereocenters. The number of imide groups is 1. The zero-order chi connectivity index (χ0) is 40.1. The number of hydrogen-bond donors (Lipinski definition) is 2. The number of benzene rings is 3. The number of carbonyl (C=O) groups is 3. The lowest BCUT2D eigenvalue weighted by atomic mass is 9.86. The van der Waals surface area contributed by atoms with E-state index in [-0.39, 0.29) is 24.1 Å². The smallest absolute Gasteiger partial charge is 0.433 e. The number of anilines is 1. The van der Waals surface area contributed by atoms with E-state index in [1.165, 1.54) is 18.7 Å². The van der Waals surface area contributed by atoms with Crippen LogP contribution in [0, 0.1) is 5.92 Å². The molecule has 3 aromatic carbocycles. The number of aromatic nitrogens is 3. The summed E-state index contributed by atoms with van der Waals surface area (Å²) in [6.45, 7) is 2.07. The Hall–Kier alpha value is -5.76. The molecule has 1 aliphatic carbocycles. The van der Waals surface area contributed by atoms with Gasteiger partial charge in [0.2, 0.25) is 5.91 Å². The Labute approximate surface area is 328 Å². The number of ether oxygens (including phenoxy) is 2. The van der Waals surface area contributed by atoms with E-state index in [4.69, 9.17) is 14.6 Å². The maximum Gasteiger partial charge on any atom is 0.433 e. The number of rotatable bonds is 14. The minimum Gasteiger partial charge on any atom is -0.494 e. The molecule has 298 valence electrons. The van der Waals surface area contributed by atoms with Crippen LogP contribution in [0.2, 0.25) is 0 Å². The first kappa shape index (κ1) is 39.5. The molecular formula is C43H45F3N6O5. The van der Waals surface area contributed by atoms with Crippen LogP contribution in [0.4, 0.5) is 18.9 Å². The van der Waals surface area contributed by atoms with Gasteiger partial charge < -0.3 is 19.7 Å². The van der Waals surface area contributed by atoms with E-state index in [0.29, 0.717) is 45.5 Å². The Balaban J connectivity index is 0.846. The van der Waals surface area contributed by atoms with Crippen molar-refractivity contribution in [1.29, 1.82) is 0 Å². The Kier molecular flexibility index (Phi) is 11.9. The largest absolute Gasteiger partial charge is 0.494 e. The third kappa shape index (κ3) is 9.62. The predicted octanol–water partition coefficient (Wildman–Crippen LogP) is 8.39. The lowest BCUT2D eigenvalue weighted by molar-refractivity contribution is -0.141. The number of unbranched alkanes of at least 4 members (excludes halogenated alkanes) is 2. The zero-order valence-electron chi connectivity index (χ0n) is 31.9. The fourth-order valence-corrected chi connectivity index (χ4v) is 7.81. The van der Waals surface area contributed by atoms with Crippen LogP contribution in [0.15, 0.2) is 79.0 Å². The van der Waals surface area contributed by atoms with Gasteiger partial charge >= 0.3 is 6.18 Å². The molecule has 0 unspecified atom stereocenters. The minimum atomic E-state index is -4.66. The highest BCUT2D eigenvalue weighted by molar-refractivity contribution is 6.11. The van der Waals surface area contributed by atoms with Gasteiger partial charge in [-0.2, -0.15) is 18.3 Å². The monoisotopic (exact) mass is 782 g/mol. The van der Waals surface area contributed by atoms with Crippen molar-refractivity contribution in [1.82, 2.24) is 25.0 Å². The first-order valence-electron chi connectivity index (χ1n) is 19.3. The summed E-state index contributed by atoms with van der Waals surface area (Å²) in [5.74, 6) is 0.545. The molecule has 0 saturated heterocycles. The number of pyridine rings is 1. The van der Waals surface area contributed by atoms with E-state index >= 15 is 0 Å². The van der Waals surface area contributed by atoms with E-state index in [0.717, 1.165) is 82.0 Å². The van der Waals surface area contributed by atoms with Gasteiger partial charge in [0.05, 0.1) is 36.3 Å². The van der Waals surface area contributed by atoms with Gasteiger partial charge in [0.25, 0.3) is 11.8 Å². The standard InChI is InChI=1S/C43H45F3N6O5/c1-51(20-5-3-4-9-27-10-6-12-32(21-27)57-36-14-7-11-29-23-39(53)49-42(55)40(29)36)25-28-16-18-31(19-17-28)52-26-30-22-35(37(56-2)24-34(30)50-52)48-41(54)33-13-8-15-38(47-33)43(44,45)46/h6-8,10-15,21-22,24,26,28,31H,3-5,9,16-20,23,25H2,1-2H3,(H,48,54)(H,49,53,55)/t28-,31-. The van der Waals surface area contributed by atoms with Crippen molar-refractivity contribution >= 4 is 34.3 Å². The third-order valence-corrected chi connectivity index (χ3v) is 10.7. The molecule has 3 amide bonds. The van der Waals surface area contributed by atoms with Crippen molar-refractivity contribution in [3.05, 3.63) is 107 Å². The summed E-state index contributed by atoms with van der Waals surface area (Å²) in [7, 11) is 3.65. The molecule has 1 aliphatic heterocycles. The van der Waals surface area contributed by atoms with Crippen molar-refractivity contribution in [2.75, 3.05) is 32.6 Å². The van der Waals surface area contributed by atoms with Crippen LogP contribution in [0.25, 0.3) is 10.9 Å². The maximum atomic E-state index is 13.1. The molecule has 3 heterocycles. The lowest BCUT2D eigenvalue weighted by Crippen LogP contribution is -2.37. The van der Waals surface area contributed by atoms with Crippen LogP contribution in [-0.4, -0.2) is 64.6 Å². The van der Waals surface area contributed by atoms with Crippen molar-refractivity contribution in [2.24, 2.45) is 5.92 Å². The normalized spacial score (nSPS) is 17.0. The van der Waals surface area contributed by atoms with Gasteiger partial charge in [-0.05, 0) is 112 Å². The van der Waals surface area contributed by atoms with E-state index < -0.39 is 23.7 Å².